The summed E-state index contributed by atoms with van der Waals surface area (Å²) < 4.78 is 9.67. The maximum atomic E-state index is 10.8. The molecule has 1 fully saturated rings. The standard InChI is InChI=1S/C9H12O3/c1-3-7-5-12-6-8(7)4-9(10)11-2/h3-4H,5-6H2,1-2H3. The first-order valence-corrected chi connectivity index (χ1v) is 3.79. The van der Waals surface area contributed by atoms with E-state index in [0.717, 1.165) is 11.1 Å². The quantitative estimate of drug-likeness (QED) is 0.434. The smallest absolute Gasteiger partial charge is 0.330 e. The molecule has 1 rings (SSSR count). The number of allylic oxidation sites excluding steroid dienone is 1. The van der Waals surface area contributed by atoms with Crippen molar-refractivity contribution in [1.82, 2.24) is 0 Å². The molecule has 0 saturated carbocycles. The van der Waals surface area contributed by atoms with Crippen molar-refractivity contribution in [3.05, 3.63) is 23.3 Å². The minimum atomic E-state index is -0.324. The average Bonchev–Trinajstić information content (AvgIpc) is 2.51. The summed E-state index contributed by atoms with van der Waals surface area (Å²) in [5.41, 5.74) is 1.99. The van der Waals surface area contributed by atoms with Crippen molar-refractivity contribution >= 4 is 5.97 Å². The third kappa shape index (κ3) is 1.95. The van der Waals surface area contributed by atoms with E-state index in [2.05, 4.69) is 4.74 Å². The number of carbonyl (C=O) groups is 1. The Bertz CT molecular complexity index is 238. The molecule has 12 heavy (non-hydrogen) atoms. The molecule has 66 valence electrons. The van der Waals surface area contributed by atoms with Crippen molar-refractivity contribution in [3.8, 4) is 0 Å². The van der Waals surface area contributed by atoms with Gasteiger partial charge in [-0.25, -0.2) is 4.79 Å². The van der Waals surface area contributed by atoms with E-state index in [0.29, 0.717) is 13.2 Å². The molecule has 0 atom stereocenters. The van der Waals surface area contributed by atoms with Crippen LogP contribution in [0.3, 0.4) is 0 Å². The highest BCUT2D eigenvalue weighted by Crippen LogP contribution is 2.18. The Morgan fingerprint density at radius 2 is 2.17 bits per heavy atom. The van der Waals surface area contributed by atoms with Crippen LogP contribution in [0.25, 0.3) is 0 Å². The van der Waals surface area contributed by atoms with Gasteiger partial charge < -0.3 is 9.47 Å². The lowest BCUT2D eigenvalue weighted by Gasteiger charge is -1.95. The van der Waals surface area contributed by atoms with Crippen LogP contribution < -0.4 is 0 Å². The lowest BCUT2D eigenvalue weighted by atomic mass is 10.1. The number of hydrogen-bond acceptors (Lipinski definition) is 3. The number of hydrogen-bond donors (Lipinski definition) is 0. The van der Waals surface area contributed by atoms with Gasteiger partial charge in [0, 0.05) is 6.08 Å². The number of ether oxygens (including phenoxy) is 2. The molecule has 1 aliphatic rings. The molecule has 0 aliphatic carbocycles. The van der Waals surface area contributed by atoms with E-state index < -0.39 is 0 Å². The Labute approximate surface area is 71.7 Å². The molecular weight excluding hydrogens is 156 g/mol. The van der Waals surface area contributed by atoms with Gasteiger partial charge in [0.2, 0.25) is 0 Å². The van der Waals surface area contributed by atoms with Crippen LogP contribution in [0, 0.1) is 0 Å². The minimum absolute atomic E-state index is 0.324. The topological polar surface area (TPSA) is 35.5 Å². The summed E-state index contributed by atoms with van der Waals surface area (Å²) in [7, 11) is 1.37. The molecule has 0 unspecified atom stereocenters. The van der Waals surface area contributed by atoms with Gasteiger partial charge >= 0.3 is 5.97 Å². The van der Waals surface area contributed by atoms with Gasteiger partial charge in [-0.1, -0.05) is 6.08 Å². The number of carbonyl (C=O) groups excluding carboxylic acids is 1. The van der Waals surface area contributed by atoms with Crippen molar-refractivity contribution in [2.24, 2.45) is 0 Å². The zero-order valence-electron chi connectivity index (χ0n) is 7.29. The fourth-order valence-electron chi connectivity index (χ4n) is 1.06. The lowest BCUT2D eigenvalue weighted by molar-refractivity contribution is -0.134. The third-order valence-corrected chi connectivity index (χ3v) is 1.77. The summed E-state index contributed by atoms with van der Waals surface area (Å²) in [4.78, 5) is 10.8. The van der Waals surface area contributed by atoms with Crippen LogP contribution in [0.1, 0.15) is 6.92 Å². The Kier molecular flexibility index (Phi) is 3.05. The van der Waals surface area contributed by atoms with Crippen molar-refractivity contribution in [2.45, 2.75) is 6.92 Å². The van der Waals surface area contributed by atoms with E-state index >= 15 is 0 Å². The normalized spacial score (nSPS) is 23.5. The lowest BCUT2D eigenvalue weighted by Crippen LogP contribution is -1.98. The van der Waals surface area contributed by atoms with Crippen LogP contribution >= 0.6 is 0 Å². The first kappa shape index (κ1) is 9.00. The zero-order valence-corrected chi connectivity index (χ0v) is 7.29. The van der Waals surface area contributed by atoms with Crippen molar-refractivity contribution in [2.75, 3.05) is 20.3 Å². The van der Waals surface area contributed by atoms with E-state index in [1.165, 1.54) is 13.2 Å². The Morgan fingerprint density at radius 3 is 2.75 bits per heavy atom. The van der Waals surface area contributed by atoms with Gasteiger partial charge in [0.05, 0.1) is 20.3 Å². The van der Waals surface area contributed by atoms with Gasteiger partial charge in [0.15, 0.2) is 0 Å². The zero-order chi connectivity index (χ0) is 8.97. The fourth-order valence-corrected chi connectivity index (χ4v) is 1.06. The van der Waals surface area contributed by atoms with E-state index in [-0.39, 0.29) is 5.97 Å². The molecule has 3 nitrogen and oxygen atoms in total. The molecule has 1 saturated heterocycles. The highest BCUT2D eigenvalue weighted by Gasteiger charge is 2.14. The molecule has 1 aliphatic heterocycles. The van der Waals surface area contributed by atoms with Crippen molar-refractivity contribution < 1.29 is 14.3 Å². The molecule has 0 spiro atoms. The molecule has 0 bridgehead atoms. The predicted octanol–water partition coefficient (Wildman–Crippen LogP) is 1.06. The van der Waals surface area contributed by atoms with Crippen molar-refractivity contribution in [3.63, 3.8) is 0 Å². The molecule has 1 heterocycles. The number of esters is 1. The highest BCUT2D eigenvalue weighted by atomic mass is 16.5. The molecule has 0 aromatic carbocycles. The maximum absolute atomic E-state index is 10.8. The Morgan fingerprint density at radius 1 is 1.50 bits per heavy atom. The molecule has 3 heteroatoms. The Hall–Kier alpha value is -1.09. The second kappa shape index (κ2) is 4.07. The van der Waals surface area contributed by atoms with Gasteiger partial charge in [0.1, 0.15) is 0 Å². The van der Waals surface area contributed by atoms with Crippen LogP contribution in [-0.2, 0) is 14.3 Å². The number of methoxy groups -OCH3 is 1. The van der Waals surface area contributed by atoms with E-state index in [1.807, 2.05) is 13.0 Å². The third-order valence-electron chi connectivity index (χ3n) is 1.77. The van der Waals surface area contributed by atoms with Gasteiger partial charge in [-0.2, -0.15) is 0 Å². The maximum Gasteiger partial charge on any atom is 0.330 e. The highest BCUT2D eigenvalue weighted by molar-refractivity contribution is 5.83. The molecule has 0 N–H and O–H groups in total. The van der Waals surface area contributed by atoms with E-state index in [1.54, 1.807) is 0 Å². The summed E-state index contributed by atoms with van der Waals surface area (Å²) in [5.74, 6) is -0.324. The van der Waals surface area contributed by atoms with Gasteiger partial charge in [0.25, 0.3) is 0 Å². The largest absolute Gasteiger partial charge is 0.466 e. The van der Waals surface area contributed by atoms with Crippen LogP contribution in [0.5, 0.6) is 0 Å². The van der Waals surface area contributed by atoms with Crippen LogP contribution in [0.2, 0.25) is 0 Å². The average molecular weight is 168 g/mol. The fraction of sp³-hybridized carbons (Fsp3) is 0.444. The second-order valence-corrected chi connectivity index (χ2v) is 2.50. The van der Waals surface area contributed by atoms with Crippen LogP contribution in [0.4, 0.5) is 0 Å². The van der Waals surface area contributed by atoms with Crippen LogP contribution in [0.15, 0.2) is 23.3 Å². The summed E-state index contributed by atoms with van der Waals surface area (Å²) in [6.45, 7) is 3.03. The van der Waals surface area contributed by atoms with Gasteiger partial charge in [-0.3, -0.25) is 0 Å². The monoisotopic (exact) mass is 168 g/mol. The summed E-state index contributed by atoms with van der Waals surface area (Å²) in [5, 5.41) is 0. The van der Waals surface area contributed by atoms with Gasteiger partial charge in [-0.05, 0) is 18.1 Å². The molecular formula is C9H12O3. The minimum Gasteiger partial charge on any atom is -0.466 e. The first-order valence-electron chi connectivity index (χ1n) is 3.79. The van der Waals surface area contributed by atoms with Gasteiger partial charge in [-0.15, -0.1) is 0 Å². The SMILES string of the molecule is CC=C1COCC1=CC(=O)OC. The Balaban J connectivity index is 2.74. The number of rotatable bonds is 1. The summed E-state index contributed by atoms with van der Waals surface area (Å²) in [6, 6.07) is 0. The molecule has 0 amide bonds. The van der Waals surface area contributed by atoms with E-state index in [4.69, 9.17) is 4.74 Å². The second-order valence-electron chi connectivity index (χ2n) is 2.50. The summed E-state index contributed by atoms with van der Waals surface area (Å²) in [6.07, 6.45) is 3.42. The molecule has 0 radical (unpaired) electrons. The van der Waals surface area contributed by atoms with Crippen molar-refractivity contribution in [1.29, 1.82) is 0 Å². The predicted molar refractivity (Wildman–Crippen MR) is 44.7 cm³/mol. The first-order chi connectivity index (χ1) is 5.77. The van der Waals surface area contributed by atoms with Crippen LogP contribution in [-0.4, -0.2) is 26.3 Å². The van der Waals surface area contributed by atoms with E-state index in [9.17, 15) is 4.79 Å². The molecule has 0 aromatic heterocycles. The summed E-state index contributed by atoms with van der Waals surface area (Å²) >= 11 is 0. The molecule has 0 aromatic rings.